The molecule has 2 fully saturated rings. The predicted molar refractivity (Wildman–Crippen MR) is 70.5 cm³/mol. The second-order valence-electron chi connectivity index (χ2n) is 6.73. The molecule has 0 aromatic carbocycles. The smallest absolute Gasteiger partial charge is 0.0672 e. The topological polar surface area (TPSA) is 35.8 Å². The van der Waals surface area contributed by atoms with Crippen LogP contribution in [0.2, 0.25) is 0 Å². The zero-order valence-corrected chi connectivity index (χ0v) is 11.3. The van der Waals surface area contributed by atoms with Crippen LogP contribution in [0.25, 0.3) is 0 Å². The van der Waals surface area contributed by atoms with E-state index in [2.05, 4.69) is 25.2 Å². The van der Waals surface area contributed by atoms with E-state index in [-0.39, 0.29) is 5.92 Å². The van der Waals surface area contributed by atoms with E-state index < -0.39 is 0 Å². The normalized spacial score (nSPS) is 37.4. The Kier molecular flexibility index (Phi) is 4.09. The molecule has 0 aliphatic heterocycles. The standard InChI is InChI=1S/C15H26N2/c1-15(2)9-4-6-13(8-10-15)17-14-7-3-5-12(14)11-16/h12-14,17H,3-10H2,1-2H3. The maximum atomic E-state index is 9.11. The maximum Gasteiger partial charge on any atom is 0.0672 e. The van der Waals surface area contributed by atoms with Gasteiger partial charge in [-0.25, -0.2) is 0 Å². The van der Waals surface area contributed by atoms with Gasteiger partial charge < -0.3 is 5.32 Å². The maximum absolute atomic E-state index is 9.11. The number of hydrogen-bond acceptors (Lipinski definition) is 2. The third-order valence-corrected chi connectivity index (χ3v) is 4.71. The zero-order valence-electron chi connectivity index (χ0n) is 11.3. The largest absolute Gasteiger partial charge is 0.310 e. The van der Waals surface area contributed by atoms with Gasteiger partial charge in [0.1, 0.15) is 0 Å². The first-order chi connectivity index (χ1) is 8.11. The molecule has 0 spiro atoms. The van der Waals surface area contributed by atoms with Crippen LogP contribution in [0, 0.1) is 22.7 Å². The van der Waals surface area contributed by atoms with Gasteiger partial charge in [0.15, 0.2) is 0 Å². The van der Waals surface area contributed by atoms with E-state index in [4.69, 9.17) is 5.26 Å². The van der Waals surface area contributed by atoms with E-state index in [9.17, 15) is 0 Å². The van der Waals surface area contributed by atoms with Gasteiger partial charge in [0.25, 0.3) is 0 Å². The molecule has 2 aliphatic carbocycles. The van der Waals surface area contributed by atoms with Crippen LogP contribution in [0.15, 0.2) is 0 Å². The van der Waals surface area contributed by atoms with Gasteiger partial charge >= 0.3 is 0 Å². The van der Waals surface area contributed by atoms with Crippen LogP contribution in [0.5, 0.6) is 0 Å². The molecule has 0 aromatic heterocycles. The van der Waals surface area contributed by atoms with Crippen LogP contribution in [-0.2, 0) is 0 Å². The van der Waals surface area contributed by atoms with Gasteiger partial charge in [-0.1, -0.05) is 26.7 Å². The van der Waals surface area contributed by atoms with Gasteiger partial charge in [-0.3, -0.25) is 0 Å². The molecule has 2 aliphatic rings. The molecule has 1 N–H and O–H groups in total. The highest BCUT2D eigenvalue weighted by molar-refractivity contribution is 4.97. The summed E-state index contributed by atoms with van der Waals surface area (Å²) in [4.78, 5) is 0. The van der Waals surface area contributed by atoms with Gasteiger partial charge in [-0.15, -0.1) is 0 Å². The average Bonchev–Trinajstić information content (AvgIpc) is 2.65. The quantitative estimate of drug-likeness (QED) is 0.741. The molecule has 96 valence electrons. The summed E-state index contributed by atoms with van der Waals surface area (Å²) in [6, 6.07) is 3.61. The molecular weight excluding hydrogens is 208 g/mol. The summed E-state index contributed by atoms with van der Waals surface area (Å²) in [7, 11) is 0. The Balaban J connectivity index is 1.85. The highest BCUT2D eigenvalue weighted by Crippen LogP contribution is 2.34. The van der Waals surface area contributed by atoms with Crippen molar-refractivity contribution in [1.82, 2.24) is 5.32 Å². The van der Waals surface area contributed by atoms with Crippen LogP contribution < -0.4 is 5.32 Å². The van der Waals surface area contributed by atoms with E-state index in [1.807, 2.05) is 0 Å². The van der Waals surface area contributed by atoms with E-state index in [1.54, 1.807) is 0 Å². The average molecular weight is 234 g/mol. The Morgan fingerprint density at radius 3 is 2.65 bits per heavy atom. The molecule has 2 rings (SSSR count). The Labute approximate surface area is 106 Å². The molecule has 2 heteroatoms. The van der Waals surface area contributed by atoms with Gasteiger partial charge in [0, 0.05) is 12.1 Å². The molecule has 0 bridgehead atoms. The van der Waals surface area contributed by atoms with E-state index in [0.29, 0.717) is 17.5 Å². The number of nitrogens with one attached hydrogen (secondary N) is 1. The predicted octanol–water partition coefficient (Wildman–Crippen LogP) is 3.63. The van der Waals surface area contributed by atoms with E-state index in [0.717, 1.165) is 6.42 Å². The van der Waals surface area contributed by atoms with Crippen molar-refractivity contribution in [2.45, 2.75) is 77.3 Å². The minimum absolute atomic E-state index is 0.270. The molecule has 0 heterocycles. The van der Waals surface area contributed by atoms with Crippen LogP contribution in [0.1, 0.15) is 65.2 Å². The summed E-state index contributed by atoms with van der Waals surface area (Å²) in [5.41, 5.74) is 0.529. The lowest BCUT2D eigenvalue weighted by Gasteiger charge is -2.25. The molecular formula is C15H26N2. The Hall–Kier alpha value is -0.550. The lowest BCUT2D eigenvalue weighted by molar-refractivity contribution is 0.304. The highest BCUT2D eigenvalue weighted by atomic mass is 15.0. The highest BCUT2D eigenvalue weighted by Gasteiger charge is 2.30. The van der Waals surface area contributed by atoms with E-state index >= 15 is 0 Å². The van der Waals surface area contributed by atoms with Gasteiger partial charge in [-0.2, -0.15) is 5.26 Å². The van der Waals surface area contributed by atoms with Crippen molar-refractivity contribution in [1.29, 1.82) is 5.26 Å². The van der Waals surface area contributed by atoms with Crippen LogP contribution in [-0.4, -0.2) is 12.1 Å². The summed E-state index contributed by atoms with van der Waals surface area (Å²) in [5, 5.41) is 12.9. The fourth-order valence-electron chi connectivity index (χ4n) is 3.44. The number of rotatable bonds is 2. The van der Waals surface area contributed by atoms with Crippen LogP contribution >= 0.6 is 0 Å². The molecule has 0 aromatic rings. The SMILES string of the molecule is CC1(C)CCCC(NC2CCCC2C#N)CC1. The van der Waals surface area contributed by atoms with Crippen molar-refractivity contribution in [2.75, 3.05) is 0 Å². The first kappa shape index (κ1) is 12.9. The minimum Gasteiger partial charge on any atom is -0.310 e. The lowest BCUT2D eigenvalue weighted by atomic mass is 9.85. The van der Waals surface area contributed by atoms with Gasteiger partial charge in [0.2, 0.25) is 0 Å². The van der Waals surface area contributed by atoms with Crippen molar-refractivity contribution >= 4 is 0 Å². The molecule has 3 unspecified atom stereocenters. The second-order valence-corrected chi connectivity index (χ2v) is 6.73. The third kappa shape index (κ3) is 3.45. The minimum atomic E-state index is 0.270. The molecule has 2 nitrogen and oxygen atoms in total. The fraction of sp³-hybridized carbons (Fsp3) is 0.933. The lowest BCUT2D eigenvalue weighted by Crippen LogP contribution is -2.40. The summed E-state index contributed by atoms with van der Waals surface area (Å²) >= 11 is 0. The molecule has 3 atom stereocenters. The molecule has 2 saturated carbocycles. The first-order valence-corrected chi connectivity index (χ1v) is 7.26. The van der Waals surface area contributed by atoms with Crippen LogP contribution in [0.4, 0.5) is 0 Å². The van der Waals surface area contributed by atoms with Crippen molar-refractivity contribution in [3.63, 3.8) is 0 Å². The summed E-state index contributed by atoms with van der Waals surface area (Å²) in [6.45, 7) is 4.78. The number of nitrogens with zero attached hydrogens (tertiary/aromatic N) is 1. The summed E-state index contributed by atoms with van der Waals surface area (Å²) in [5.74, 6) is 0.270. The van der Waals surface area contributed by atoms with Crippen molar-refractivity contribution in [3.8, 4) is 6.07 Å². The Morgan fingerprint density at radius 2 is 1.88 bits per heavy atom. The monoisotopic (exact) mass is 234 g/mol. The van der Waals surface area contributed by atoms with Crippen molar-refractivity contribution < 1.29 is 0 Å². The fourth-order valence-corrected chi connectivity index (χ4v) is 3.44. The van der Waals surface area contributed by atoms with E-state index in [1.165, 1.54) is 44.9 Å². The molecule has 17 heavy (non-hydrogen) atoms. The zero-order chi connectivity index (χ0) is 12.3. The second kappa shape index (κ2) is 5.40. The van der Waals surface area contributed by atoms with Crippen molar-refractivity contribution in [3.05, 3.63) is 0 Å². The summed E-state index contributed by atoms with van der Waals surface area (Å²) in [6.07, 6.45) is 10.2. The Morgan fingerprint density at radius 1 is 1.06 bits per heavy atom. The number of hydrogen-bond donors (Lipinski definition) is 1. The van der Waals surface area contributed by atoms with Gasteiger partial charge in [-0.05, 0) is 43.9 Å². The van der Waals surface area contributed by atoms with Crippen molar-refractivity contribution in [2.24, 2.45) is 11.3 Å². The first-order valence-electron chi connectivity index (χ1n) is 7.26. The third-order valence-electron chi connectivity index (χ3n) is 4.71. The van der Waals surface area contributed by atoms with Gasteiger partial charge in [0.05, 0.1) is 12.0 Å². The molecule has 0 saturated heterocycles. The molecule has 0 amide bonds. The Bertz CT molecular complexity index is 290. The van der Waals surface area contributed by atoms with Crippen LogP contribution in [0.3, 0.4) is 0 Å². The summed E-state index contributed by atoms with van der Waals surface area (Å²) < 4.78 is 0. The number of nitriles is 1. The molecule has 0 radical (unpaired) electrons.